The highest BCUT2D eigenvalue weighted by Crippen LogP contribution is 2.33. The van der Waals surface area contributed by atoms with Gasteiger partial charge in [0.1, 0.15) is 5.56 Å². The van der Waals surface area contributed by atoms with Crippen LogP contribution in [0.2, 0.25) is 0 Å². The number of aromatic nitrogens is 1. The molecule has 0 saturated carbocycles. The largest absolute Gasteiger partial charge is 0.416 e. The molecule has 37 heavy (non-hydrogen) atoms. The maximum absolute atomic E-state index is 13.5. The Morgan fingerprint density at radius 3 is 2.24 bits per heavy atom. The van der Waals surface area contributed by atoms with E-state index in [1.807, 2.05) is 13.8 Å². The van der Waals surface area contributed by atoms with E-state index in [1.165, 1.54) is 30.5 Å². The van der Waals surface area contributed by atoms with Gasteiger partial charge in [0.05, 0.1) is 16.2 Å². The Balaban J connectivity index is 2.02. The van der Waals surface area contributed by atoms with Crippen molar-refractivity contribution in [2.24, 2.45) is 0 Å². The third-order valence-electron chi connectivity index (χ3n) is 6.07. The Kier molecular flexibility index (Phi) is 8.32. The molecule has 1 aromatic heterocycles. The van der Waals surface area contributed by atoms with Crippen molar-refractivity contribution >= 4 is 15.7 Å². The summed E-state index contributed by atoms with van der Waals surface area (Å²) in [7, 11) is -3.36. The molecule has 2 aromatic carbocycles. The van der Waals surface area contributed by atoms with Crippen molar-refractivity contribution in [1.29, 1.82) is 0 Å². The standard InChI is InChI=1S/C27H29F3N2O4S/c1-5-23-24(19-8-7-9-20(14-19)27(28,29)30)25(33)22(16-32(23)17(3)4)26(34)31-15-18-10-12-21(13-11-18)37(35,36)6-2/h7-14,16-17H,5-6,15H2,1-4H3,(H,31,34). The molecular weight excluding hydrogens is 505 g/mol. The van der Waals surface area contributed by atoms with Gasteiger partial charge in [-0.15, -0.1) is 0 Å². The summed E-state index contributed by atoms with van der Waals surface area (Å²) >= 11 is 0. The van der Waals surface area contributed by atoms with Gasteiger partial charge in [0.25, 0.3) is 5.91 Å². The lowest BCUT2D eigenvalue weighted by atomic mass is 9.97. The maximum Gasteiger partial charge on any atom is 0.416 e. The van der Waals surface area contributed by atoms with E-state index in [-0.39, 0.29) is 39.9 Å². The van der Waals surface area contributed by atoms with Crippen molar-refractivity contribution in [2.45, 2.75) is 57.8 Å². The first-order valence-electron chi connectivity index (χ1n) is 11.9. The quantitative estimate of drug-likeness (QED) is 0.419. The van der Waals surface area contributed by atoms with Crippen molar-refractivity contribution in [3.8, 4) is 11.1 Å². The molecule has 0 fully saturated rings. The molecule has 0 radical (unpaired) electrons. The van der Waals surface area contributed by atoms with E-state index in [4.69, 9.17) is 0 Å². The van der Waals surface area contributed by atoms with Crippen LogP contribution in [-0.4, -0.2) is 24.6 Å². The molecule has 0 bridgehead atoms. The number of nitrogens with one attached hydrogen (secondary N) is 1. The molecule has 0 aliphatic rings. The topological polar surface area (TPSA) is 85.2 Å². The molecule has 1 N–H and O–H groups in total. The molecule has 198 valence electrons. The van der Waals surface area contributed by atoms with Crippen LogP contribution in [0.5, 0.6) is 0 Å². The number of sulfone groups is 1. The summed E-state index contributed by atoms with van der Waals surface area (Å²) in [6.07, 6.45) is -2.77. The Bertz CT molecular complexity index is 1460. The number of carbonyl (C=O) groups excluding carboxylic acids is 1. The van der Waals surface area contributed by atoms with Crippen molar-refractivity contribution in [3.05, 3.63) is 87.3 Å². The normalized spacial score (nSPS) is 12.1. The van der Waals surface area contributed by atoms with Gasteiger partial charge >= 0.3 is 6.18 Å². The van der Waals surface area contributed by atoms with Crippen molar-refractivity contribution < 1.29 is 26.4 Å². The summed E-state index contributed by atoms with van der Waals surface area (Å²) in [4.78, 5) is 26.8. The molecular formula is C27H29F3N2O4S. The van der Waals surface area contributed by atoms with E-state index >= 15 is 0 Å². The first kappa shape index (κ1) is 28.2. The van der Waals surface area contributed by atoms with Crippen LogP contribution in [-0.2, 0) is 29.0 Å². The summed E-state index contributed by atoms with van der Waals surface area (Å²) in [5.41, 5.74) is -0.429. The van der Waals surface area contributed by atoms with Gasteiger partial charge in [-0.3, -0.25) is 9.59 Å². The molecule has 3 rings (SSSR count). The summed E-state index contributed by atoms with van der Waals surface area (Å²) in [5, 5.41) is 2.66. The van der Waals surface area contributed by atoms with E-state index in [0.717, 1.165) is 12.1 Å². The molecule has 0 aliphatic heterocycles. The molecule has 1 heterocycles. The van der Waals surface area contributed by atoms with Gasteiger partial charge < -0.3 is 9.88 Å². The lowest BCUT2D eigenvalue weighted by Gasteiger charge is -2.22. The highest BCUT2D eigenvalue weighted by atomic mass is 32.2. The third-order valence-corrected chi connectivity index (χ3v) is 7.82. The number of benzene rings is 2. The van der Waals surface area contributed by atoms with Crippen LogP contribution in [0.4, 0.5) is 13.2 Å². The SMILES string of the molecule is CCc1c(-c2cccc(C(F)(F)F)c2)c(=O)c(C(=O)NCc2ccc(S(=O)(=O)CC)cc2)cn1C(C)C. The van der Waals surface area contributed by atoms with Crippen LogP contribution >= 0.6 is 0 Å². The monoisotopic (exact) mass is 534 g/mol. The average molecular weight is 535 g/mol. The number of hydrogen-bond acceptors (Lipinski definition) is 4. The molecule has 0 atom stereocenters. The van der Waals surface area contributed by atoms with Gasteiger partial charge in [0.2, 0.25) is 5.43 Å². The maximum atomic E-state index is 13.5. The van der Waals surface area contributed by atoms with E-state index in [0.29, 0.717) is 17.7 Å². The minimum Gasteiger partial charge on any atom is -0.348 e. The minimum absolute atomic E-state index is 0.0286. The summed E-state index contributed by atoms with van der Waals surface area (Å²) in [6, 6.07) is 10.4. The van der Waals surface area contributed by atoms with Crippen LogP contribution in [0.3, 0.4) is 0 Å². The molecule has 0 unspecified atom stereocenters. The van der Waals surface area contributed by atoms with Crippen LogP contribution in [0.15, 0.2) is 64.4 Å². The van der Waals surface area contributed by atoms with Crippen molar-refractivity contribution in [1.82, 2.24) is 9.88 Å². The zero-order valence-corrected chi connectivity index (χ0v) is 21.8. The summed E-state index contributed by atoms with van der Waals surface area (Å²) in [6.45, 7) is 7.08. The van der Waals surface area contributed by atoms with Crippen LogP contribution in [0.1, 0.15) is 60.9 Å². The number of nitrogens with zero attached hydrogens (tertiary/aromatic N) is 1. The Morgan fingerprint density at radius 1 is 1.05 bits per heavy atom. The second kappa shape index (κ2) is 10.9. The second-order valence-electron chi connectivity index (χ2n) is 8.86. The minimum atomic E-state index is -4.58. The van der Waals surface area contributed by atoms with Crippen molar-refractivity contribution in [2.75, 3.05) is 5.75 Å². The summed E-state index contributed by atoms with van der Waals surface area (Å²) < 4.78 is 65.8. The predicted octanol–water partition coefficient (Wildman–Crippen LogP) is 5.40. The second-order valence-corrected chi connectivity index (χ2v) is 11.1. The van der Waals surface area contributed by atoms with E-state index in [1.54, 1.807) is 30.5 Å². The first-order valence-corrected chi connectivity index (χ1v) is 13.5. The Hall–Kier alpha value is -3.40. The molecule has 0 saturated heterocycles. The average Bonchev–Trinajstić information content (AvgIpc) is 2.86. The molecule has 10 heteroatoms. The zero-order valence-electron chi connectivity index (χ0n) is 21.0. The Labute approximate surface area is 214 Å². The molecule has 1 amide bonds. The van der Waals surface area contributed by atoms with Gasteiger partial charge in [-0.1, -0.05) is 38.1 Å². The highest BCUT2D eigenvalue weighted by molar-refractivity contribution is 7.91. The number of rotatable bonds is 8. The van der Waals surface area contributed by atoms with E-state index < -0.39 is 32.9 Å². The first-order chi connectivity index (χ1) is 17.3. The smallest absolute Gasteiger partial charge is 0.348 e. The van der Waals surface area contributed by atoms with Gasteiger partial charge in [0, 0.05) is 30.0 Å². The van der Waals surface area contributed by atoms with E-state index in [9.17, 15) is 31.2 Å². The fraction of sp³-hybridized carbons (Fsp3) is 0.333. The number of carbonyl (C=O) groups is 1. The van der Waals surface area contributed by atoms with Crippen LogP contribution in [0.25, 0.3) is 11.1 Å². The van der Waals surface area contributed by atoms with Gasteiger partial charge in [-0.05, 0) is 55.7 Å². The fourth-order valence-corrected chi connectivity index (χ4v) is 4.94. The van der Waals surface area contributed by atoms with Gasteiger partial charge in [-0.25, -0.2) is 8.42 Å². The molecule has 0 spiro atoms. The highest BCUT2D eigenvalue weighted by Gasteiger charge is 2.31. The van der Waals surface area contributed by atoms with Crippen LogP contribution < -0.4 is 10.7 Å². The van der Waals surface area contributed by atoms with Crippen LogP contribution in [0, 0.1) is 0 Å². The lowest BCUT2D eigenvalue weighted by molar-refractivity contribution is -0.137. The van der Waals surface area contributed by atoms with E-state index in [2.05, 4.69) is 5.32 Å². The van der Waals surface area contributed by atoms with Gasteiger partial charge in [0.15, 0.2) is 9.84 Å². The Morgan fingerprint density at radius 2 is 1.70 bits per heavy atom. The third kappa shape index (κ3) is 6.12. The number of hydrogen-bond donors (Lipinski definition) is 1. The molecule has 3 aromatic rings. The number of alkyl halides is 3. The summed E-state index contributed by atoms with van der Waals surface area (Å²) in [5.74, 6) is -0.715. The zero-order chi connectivity index (χ0) is 27.5. The number of amides is 1. The predicted molar refractivity (Wildman–Crippen MR) is 136 cm³/mol. The number of pyridine rings is 1. The van der Waals surface area contributed by atoms with Crippen molar-refractivity contribution in [3.63, 3.8) is 0 Å². The van der Waals surface area contributed by atoms with Gasteiger partial charge in [-0.2, -0.15) is 13.2 Å². The number of halogens is 3. The fourth-order valence-electron chi connectivity index (χ4n) is 4.06. The lowest BCUT2D eigenvalue weighted by Crippen LogP contribution is -2.31. The molecule has 0 aliphatic carbocycles. The molecule has 6 nitrogen and oxygen atoms in total.